The van der Waals surface area contributed by atoms with Crippen LogP contribution in [0.15, 0.2) is 59.3 Å². The number of piperidine rings is 1. The molecule has 0 aliphatic carbocycles. The molecule has 35 heavy (non-hydrogen) atoms. The van der Waals surface area contributed by atoms with E-state index in [0.717, 1.165) is 46.5 Å². The molecule has 10 heteroatoms. The minimum atomic E-state index is -0.130. The third-order valence-electron chi connectivity index (χ3n) is 6.52. The van der Waals surface area contributed by atoms with E-state index < -0.39 is 0 Å². The van der Waals surface area contributed by atoms with Crippen LogP contribution in [0.5, 0.6) is 0 Å². The number of carbonyl (C=O) groups is 2. The predicted octanol–water partition coefficient (Wildman–Crippen LogP) is 4.14. The lowest BCUT2D eigenvalue weighted by Gasteiger charge is -2.29. The molecule has 4 aromatic rings. The zero-order valence-corrected chi connectivity index (χ0v) is 20.4. The summed E-state index contributed by atoms with van der Waals surface area (Å²) in [5, 5.41) is 11.6. The van der Waals surface area contributed by atoms with Gasteiger partial charge >= 0.3 is 0 Å². The van der Waals surface area contributed by atoms with Crippen LogP contribution in [-0.2, 0) is 11.2 Å². The van der Waals surface area contributed by atoms with Crippen LogP contribution in [0.3, 0.4) is 0 Å². The molecule has 0 unspecified atom stereocenters. The first-order chi connectivity index (χ1) is 17.1. The normalized spacial score (nSPS) is 16.0. The van der Waals surface area contributed by atoms with Crippen molar-refractivity contribution in [3.8, 4) is 17.2 Å². The lowest BCUT2D eigenvalue weighted by Crippen LogP contribution is -2.39. The fraction of sp³-hybridized carbons (Fsp3) is 0.240. The van der Waals surface area contributed by atoms with Gasteiger partial charge in [-0.25, -0.2) is 9.67 Å². The van der Waals surface area contributed by atoms with E-state index in [0.29, 0.717) is 36.6 Å². The van der Waals surface area contributed by atoms with Crippen molar-refractivity contribution in [1.82, 2.24) is 25.0 Å². The largest absolute Gasteiger partial charge is 0.312 e. The summed E-state index contributed by atoms with van der Waals surface area (Å²) in [6.45, 7) is 1.25. The van der Waals surface area contributed by atoms with E-state index in [9.17, 15) is 9.59 Å². The number of H-pyrrole nitrogens is 1. The Hall–Kier alpha value is -3.79. The Bertz CT molecular complexity index is 1400. The van der Waals surface area contributed by atoms with Crippen LogP contribution in [0.4, 0.5) is 11.4 Å². The van der Waals surface area contributed by atoms with Crippen molar-refractivity contribution in [2.75, 3.05) is 22.9 Å². The number of aromatic amines is 1. The second kappa shape index (κ2) is 8.77. The first kappa shape index (κ1) is 21.7. The molecule has 1 fully saturated rings. The number of hydrogen-bond donors (Lipinski definition) is 1. The molecule has 2 aromatic carbocycles. The first-order valence-corrected chi connectivity index (χ1v) is 12.4. The van der Waals surface area contributed by atoms with Gasteiger partial charge < -0.3 is 9.80 Å². The van der Waals surface area contributed by atoms with Crippen molar-refractivity contribution < 1.29 is 9.59 Å². The fourth-order valence-electron chi connectivity index (χ4n) is 4.78. The van der Waals surface area contributed by atoms with E-state index >= 15 is 0 Å². The van der Waals surface area contributed by atoms with E-state index in [-0.39, 0.29) is 11.8 Å². The average Bonchev–Trinajstić information content (AvgIpc) is 3.54. The number of aromatic nitrogens is 5. The zero-order chi connectivity index (χ0) is 23.9. The quantitative estimate of drug-likeness (QED) is 0.426. The van der Waals surface area contributed by atoms with Crippen LogP contribution in [0.25, 0.3) is 17.2 Å². The first-order valence-electron chi connectivity index (χ1n) is 11.6. The Morgan fingerprint density at radius 2 is 1.54 bits per heavy atom. The minimum absolute atomic E-state index is 0.130. The number of hydrogen-bond acceptors (Lipinski definition) is 5. The molecule has 0 saturated carbocycles. The van der Waals surface area contributed by atoms with Gasteiger partial charge in [-0.05, 0) is 67.8 Å². The lowest BCUT2D eigenvalue weighted by atomic mass is 10.0. The smallest absolute Gasteiger partial charge is 0.277 e. The van der Waals surface area contributed by atoms with Crippen molar-refractivity contribution in [3.05, 3.63) is 70.6 Å². The Balaban J connectivity index is 1.38. The van der Waals surface area contributed by atoms with Crippen molar-refractivity contribution in [1.29, 1.82) is 0 Å². The van der Waals surface area contributed by atoms with Gasteiger partial charge in [0.2, 0.25) is 5.91 Å². The highest BCUT2D eigenvalue weighted by atomic mass is 79.9. The number of fused-ring (bicyclic) bond motifs is 1. The fourth-order valence-corrected chi connectivity index (χ4v) is 5.04. The maximum Gasteiger partial charge on any atom is 0.277 e. The molecule has 0 atom stereocenters. The summed E-state index contributed by atoms with van der Waals surface area (Å²) in [7, 11) is 0. The number of nitrogens with one attached hydrogen (secondary N) is 1. The van der Waals surface area contributed by atoms with Gasteiger partial charge in [0.05, 0.1) is 5.69 Å². The Labute approximate surface area is 209 Å². The molecule has 9 nitrogen and oxygen atoms in total. The summed E-state index contributed by atoms with van der Waals surface area (Å²) < 4.78 is 2.63. The van der Waals surface area contributed by atoms with E-state index in [1.54, 1.807) is 9.58 Å². The van der Waals surface area contributed by atoms with E-state index in [1.807, 2.05) is 53.4 Å². The number of benzene rings is 2. The van der Waals surface area contributed by atoms with Gasteiger partial charge in [-0.2, -0.15) is 10.2 Å². The number of nitrogens with zero attached hydrogens (tertiary/aromatic N) is 6. The van der Waals surface area contributed by atoms with Crippen molar-refractivity contribution in [2.45, 2.75) is 25.7 Å². The molecule has 0 radical (unpaired) electrons. The standard InChI is InChI=1S/C25H22BrN7O2/c26-16-4-6-19(7-5-16)33-23-20(22(30-33)24-27-15-28-29-24)12-14-32(25(23)35)18-10-8-17(9-11-18)31-13-2-1-3-21(31)34/h4-11,15H,1-3,12-14H2,(H,27,28,29). The lowest BCUT2D eigenvalue weighted by molar-refractivity contribution is -0.119. The van der Waals surface area contributed by atoms with Gasteiger partial charge in [0.25, 0.3) is 5.91 Å². The van der Waals surface area contributed by atoms with Crippen LogP contribution < -0.4 is 9.80 Å². The maximum atomic E-state index is 13.8. The molecule has 0 bridgehead atoms. The summed E-state index contributed by atoms with van der Waals surface area (Å²) in [4.78, 5) is 34.0. The molecule has 1 N–H and O–H groups in total. The van der Waals surface area contributed by atoms with E-state index in [4.69, 9.17) is 5.10 Å². The molecular formula is C25H22BrN7O2. The van der Waals surface area contributed by atoms with Crippen molar-refractivity contribution in [3.63, 3.8) is 0 Å². The van der Waals surface area contributed by atoms with Gasteiger partial charge in [0, 0.05) is 40.9 Å². The molecule has 1 saturated heterocycles. The van der Waals surface area contributed by atoms with Gasteiger partial charge in [-0.15, -0.1) is 0 Å². The van der Waals surface area contributed by atoms with Crippen LogP contribution in [0.2, 0.25) is 0 Å². The summed E-state index contributed by atoms with van der Waals surface area (Å²) in [6, 6.07) is 15.3. The summed E-state index contributed by atoms with van der Waals surface area (Å²) in [6.07, 6.45) is 4.60. The highest BCUT2D eigenvalue weighted by Gasteiger charge is 2.34. The molecule has 0 spiro atoms. The van der Waals surface area contributed by atoms with Crippen LogP contribution in [0, 0.1) is 0 Å². The molecule has 4 heterocycles. The van der Waals surface area contributed by atoms with Gasteiger partial charge in [-0.3, -0.25) is 14.7 Å². The summed E-state index contributed by atoms with van der Waals surface area (Å²) in [5.74, 6) is 0.559. The number of halogens is 1. The van der Waals surface area contributed by atoms with E-state index in [1.165, 1.54) is 6.33 Å². The maximum absolute atomic E-state index is 13.8. The molecular weight excluding hydrogens is 510 g/mol. The second-order valence-electron chi connectivity index (χ2n) is 8.62. The minimum Gasteiger partial charge on any atom is -0.312 e. The predicted molar refractivity (Wildman–Crippen MR) is 135 cm³/mol. The zero-order valence-electron chi connectivity index (χ0n) is 18.8. The van der Waals surface area contributed by atoms with Crippen LogP contribution in [0.1, 0.15) is 35.3 Å². The van der Waals surface area contributed by atoms with Crippen molar-refractivity contribution in [2.24, 2.45) is 0 Å². The number of amides is 2. The second-order valence-corrected chi connectivity index (χ2v) is 9.54. The Kier molecular flexibility index (Phi) is 5.44. The molecule has 2 amide bonds. The number of rotatable bonds is 4. The highest BCUT2D eigenvalue weighted by molar-refractivity contribution is 9.10. The molecule has 6 rings (SSSR count). The molecule has 2 aromatic heterocycles. The highest BCUT2D eigenvalue weighted by Crippen LogP contribution is 2.33. The topological polar surface area (TPSA) is 100 Å². The molecule has 2 aliphatic heterocycles. The van der Waals surface area contributed by atoms with Gasteiger partial charge in [-0.1, -0.05) is 15.9 Å². The van der Waals surface area contributed by atoms with Crippen molar-refractivity contribution >= 4 is 39.1 Å². The summed E-state index contributed by atoms with van der Waals surface area (Å²) in [5.41, 5.74) is 4.44. The number of anilines is 2. The summed E-state index contributed by atoms with van der Waals surface area (Å²) >= 11 is 3.47. The Morgan fingerprint density at radius 3 is 2.23 bits per heavy atom. The third kappa shape index (κ3) is 3.83. The van der Waals surface area contributed by atoms with Crippen LogP contribution in [-0.4, -0.2) is 49.9 Å². The molecule has 176 valence electrons. The van der Waals surface area contributed by atoms with Crippen LogP contribution >= 0.6 is 15.9 Å². The average molecular weight is 532 g/mol. The number of carbonyl (C=O) groups excluding carboxylic acids is 2. The Morgan fingerprint density at radius 1 is 0.829 bits per heavy atom. The van der Waals surface area contributed by atoms with Gasteiger partial charge in [0.1, 0.15) is 17.7 Å². The molecule has 2 aliphatic rings. The SMILES string of the molecule is O=C1CCCCN1c1ccc(N2CCc3c(-c4ncn[nH]4)nn(-c4ccc(Br)cc4)c3C2=O)cc1. The monoisotopic (exact) mass is 531 g/mol. The van der Waals surface area contributed by atoms with E-state index in [2.05, 4.69) is 31.1 Å². The van der Waals surface area contributed by atoms with Gasteiger partial charge in [0.15, 0.2) is 5.82 Å². The third-order valence-corrected chi connectivity index (χ3v) is 7.05.